The smallest absolute Gasteiger partial charge is 0.338 e. The molecule has 1 fully saturated rings. The molecule has 1 aromatic rings. The Balaban J connectivity index is 1.99. The average Bonchev–Trinajstić information content (AvgIpc) is 2.61. The van der Waals surface area contributed by atoms with Crippen LogP contribution in [0.2, 0.25) is 0 Å². The van der Waals surface area contributed by atoms with Gasteiger partial charge in [0.05, 0.1) is 5.56 Å². The summed E-state index contributed by atoms with van der Waals surface area (Å²) >= 11 is 3.32. The van der Waals surface area contributed by atoms with Gasteiger partial charge < -0.3 is 10.5 Å². The van der Waals surface area contributed by atoms with Gasteiger partial charge in [-0.25, -0.2) is 4.79 Å². The number of carbonyl (C=O) groups is 1. The first kappa shape index (κ1) is 13.4. The number of esters is 1. The Hall–Kier alpha value is -1.03. The molecule has 0 aromatic heterocycles. The minimum atomic E-state index is -0.248. The third-order valence-corrected chi connectivity index (χ3v) is 4.00. The molecule has 4 heteroatoms. The van der Waals surface area contributed by atoms with Crippen molar-refractivity contribution in [1.29, 1.82) is 0 Å². The van der Waals surface area contributed by atoms with Crippen molar-refractivity contribution in [3.05, 3.63) is 28.2 Å². The highest BCUT2D eigenvalue weighted by molar-refractivity contribution is 9.10. The van der Waals surface area contributed by atoms with Gasteiger partial charge in [0, 0.05) is 10.2 Å². The van der Waals surface area contributed by atoms with E-state index in [1.807, 2.05) is 0 Å². The number of nitrogen functional groups attached to an aromatic ring is 1. The summed E-state index contributed by atoms with van der Waals surface area (Å²) in [5.74, 6) is -0.248. The minimum Gasteiger partial charge on any atom is -0.459 e. The summed E-state index contributed by atoms with van der Waals surface area (Å²) in [6.07, 6.45) is 6.87. The van der Waals surface area contributed by atoms with Crippen LogP contribution in [0.25, 0.3) is 0 Å². The van der Waals surface area contributed by atoms with Crippen molar-refractivity contribution in [2.45, 2.75) is 44.6 Å². The first-order valence-corrected chi connectivity index (χ1v) is 7.22. The van der Waals surface area contributed by atoms with E-state index in [1.54, 1.807) is 18.2 Å². The molecule has 0 atom stereocenters. The molecule has 2 N–H and O–H groups in total. The van der Waals surface area contributed by atoms with Crippen molar-refractivity contribution in [2.24, 2.45) is 0 Å². The fourth-order valence-electron chi connectivity index (χ4n) is 2.23. The van der Waals surface area contributed by atoms with Crippen molar-refractivity contribution in [3.63, 3.8) is 0 Å². The summed E-state index contributed by atoms with van der Waals surface area (Å²) in [7, 11) is 0. The van der Waals surface area contributed by atoms with Crippen LogP contribution in [0, 0.1) is 0 Å². The Labute approximate surface area is 116 Å². The van der Waals surface area contributed by atoms with Gasteiger partial charge in [-0.15, -0.1) is 0 Å². The summed E-state index contributed by atoms with van der Waals surface area (Å²) < 4.78 is 6.29. The number of anilines is 1. The lowest BCUT2D eigenvalue weighted by molar-refractivity contribution is 0.0267. The molecule has 1 aliphatic carbocycles. The normalized spacial score (nSPS) is 17.2. The van der Waals surface area contributed by atoms with E-state index in [-0.39, 0.29) is 12.1 Å². The van der Waals surface area contributed by atoms with Crippen molar-refractivity contribution in [2.75, 3.05) is 5.73 Å². The topological polar surface area (TPSA) is 52.3 Å². The lowest BCUT2D eigenvalue weighted by Gasteiger charge is -2.15. The molecule has 0 radical (unpaired) electrons. The van der Waals surface area contributed by atoms with Gasteiger partial charge in [0.2, 0.25) is 0 Å². The van der Waals surface area contributed by atoms with E-state index in [4.69, 9.17) is 10.5 Å². The van der Waals surface area contributed by atoms with E-state index in [1.165, 1.54) is 12.8 Å². The highest BCUT2D eigenvalue weighted by atomic mass is 79.9. The number of hydrogen-bond donors (Lipinski definition) is 1. The maximum absolute atomic E-state index is 12.0. The highest BCUT2D eigenvalue weighted by Crippen LogP contribution is 2.23. The largest absolute Gasteiger partial charge is 0.459 e. The van der Waals surface area contributed by atoms with Gasteiger partial charge >= 0.3 is 5.97 Å². The number of halogens is 1. The predicted molar refractivity (Wildman–Crippen MR) is 75.5 cm³/mol. The zero-order valence-corrected chi connectivity index (χ0v) is 11.9. The number of rotatable bonds is 2. The molecule has 98 valence electrons. The molecule has 0 aliphatic heterocycles. The van der Waals surface area contributed by atoms with Gasteiger partial charge in [0.1, 0.15) is 6.10 Å². The Bertz CT molecular complexity index is 426. The molecule has 1 aliphatic rings. The van der Waals surface area contributed by atoms with Crippen LogP contribution in [0.5, 0.6) is 0 Å². The number of hydrogen-bond acceptors (Lipinski definition) is 3. The molecule has 2 rings (SSSR count). The second-order valence-corrected chi connectivity index (χ2v) is 5.61. The number of ether oxygens (including phenoxy) is 1. The Kier molecular flexibility index (Phi) is 4.64. The van der Waals surface area contributed by atoms with E-state index in [9.17, 15) is 4.79 Å². The van der Waals surface area contributed by atoms with Crippen molar-refractivity contribution >= 4 is 27.6 Å². The first-order chi connectivity index (χ1) is 8.66. The van der Waals surface area contributed by atoms with Gasteiger partial charge in [-0.1, -0.05) is 12.8 Å². The van der Waals surface area contributed by atoms with E-state index in [0.29, 0.717) is 11.3 Å². The van der Waals surface area contributed by atoms with Crippen LogP contribution in [0.4, 0.5) is 5.69 Å². The summed E-state index contributed by atoms with van der Waals surface area (Å²) in [4.78, 5) is 12.0. The van der Waals surface area contributed by atoms with Crippen LogP contribution < -0.4 is 5.73 Å². The van der Waals surface area contributed by atoms with Crippen LogP contribution in [0.1, 0.15) is 48.9 Å². The highest BCUT2D eigenvalue weighted by Gasteiger charge is 2.18. The Morgan fingerprint density at radius 3 is 2.50 bits per heavy atom. The SMILES string of the molecule is Nc1ccc(C(=O)OC2CCCCCC2)cc1Br. The minimum absolute atomic E-state index is 0.0799. The molecule has 0 unspecified atom stereocenters. The zero-order chi connectivity index (χ0) is 13.0. The summed E-state index contributed by atoms with van der Waals surface area (Å²) in [6.45, 7) is 0. The van der Waals surface area contributed by atoms with Crippen LogP contribution in [-0.2, 0) is 4.74 Å². The third-order valence-electron chi connectivity index (χ3n) is 3.31. The standard InChI is InChI=1S/C14H18BrNO2/c15-12-9-10(7-8-13(12)16)14(17)18-11-5-3-1-2-4-6-11/h7-9,11H,1-6,16H2. The van der Waals surface area contributed by atoms with E-state index < -0.39 is 0 Å². The fraction of sp³-hybridized carbons (Fsp3) is 0.500. The van der Waals surface area contributed by atoms with Gasteiger partial charge in [0.15, 0.2) is 0 Å². The molecule has 0 saturated heterocycles. The molecule has 3 nitrogen and oxygen atoms in total. The van der Waals surface area contributed by atoms with Crippen LogP contribution in [0.3, 0.4) is 0 Å². The second kappa shape index (κ2) is 6.23. The number of carbonyl (C=O) groups excluding carboxylic acids is 1. The summed E-state index contributed by atoms with van der Waals surface area (Å²) in [5, 5.41) is 0. The van der Waals surface area contributed by atoms with Crippen molar-refractivity contribution in [1.82, 2.24) is 0 Å². The molecular formula is C14H18BrNO2. The molecule has 0 spiro atoms. The maximum atomic E-state index is 12.0. The average molecular weight is 312 g/mol. The zero-order valence-electron chi connectivity index (χ0n) is 10.3. The lowest BCUT2D eigenvalue weighted by Crippen LogP contribution is -2.17. The number of benzene rings is 1. The Morgan fingerprint density at radius 2 is 1.89 bits per heavy atom. The van der Waals surface area contributed by atoms with Gasteiger partial charge in [-0.2, -0.15) is 0 Å². The van der Waals surface area contributed by atoms with Crippen LogP contribution >= 0.6 is 15.9 Å². The van der Waals surface area contributed by atoms with Crippen LogP contribution in [0.15, 0.2) is 22.7 Å². The molecule has 0 amide bonds. The van der Waals surface area contributed by atoms with Gasteiger partial charge in [-0.3, -0.25) is 0 Å². The lowest BCUT2D eigenvalue weighted by atomic mass is 10.1. The molecule has 1 saturated carbocycles. The predicted octanol–water partition coefficient (Wildman–Crippen LogP) is 3.91. The fourth-order valence-corrected chi connectivity index (χ4v) is 2.61. The molecule has 18 heavy (non-hydrogen) atoms. The Morgan fingerprint density at radius 1 is 1.22 bits per heavy atom. The summed E-state index contributed by atoms with van der Waals surface area (Å²) in [5.41, 5.74) is 6.88. The first-order valence-electron chi connectivity index (χ1n) is 6.43. The van der Waals surface area contributed by atoms with Crippen molar-refractivity contribution in [3.8, 4) is 0 Å². The number of nitrogens with two attached hydrogens (primary N) is 1. The van der Waals surface area contributed by atoms with Crippen molar-refractivity contribution < 1.29 is 9.53 Å². The molecule has 0 heterocycles. The molecular weight excluding hydrogens is 294 g/mol. The van der Waals surface area contributed by atoms with Crippen LogP contribution in [-0.4, -0.2) is 12.1 Å². The molecule has 1 aromatic carbocycles. The maximum Gasteiger partial charge on any atom is 0.338 e. The molecule has 0 bridgehead atoms. The van der Waals surface area contributed by atoms with Gasteiger partial charge in [-0.05, 0) is 59.8 Å². The monoisotopic (exact) mass is 311 g/mol. The third kappa shape index (κ3) is 3.48. The quantitative estimate of drug-likeness (QED) is 0.512. The van der Waals surface area contributed by atoms with E-state index in [2.05, 4.69) is 15.9 Å². The van der Waals surface area contributed by atoms with E-state index >= 15 is 0 Å². The second-order valence-electron chi connectivity index (χ2n) is 4.76. The van der Waals surface area contributed by atoms with E-state index in [0.717, 1.165) is 30.2 Å². The van der Waals surface area contributed by atoms with Gasteiger partial charge in [0.25, 0.3) is 0 Å². The summed E-state index contributed by atoms with van der Waals surface area (Å²) in [6, 6.07) is 5.14.